The molecule has 0 aliphatic carbocycles. The number of carbonyl (C=O) groups excluding carboxylic acids is 2. The van der Waals surface area contributed by atoms with E-state index in [1.807, 2.05) is 17.5 Å². The van der Waals surface area contributed by atoms with Gasteiger partial charge in [-0.15, -0.1) is 11.3 Å². The number of esters is 1. The van der Waals surface area contributed by atoms with Crippen molar-refractivity contribution in [1.29, 1.82) is 0 Å². The van der Waals surface area contributed by atoms with Crippen molar-refractivity contribution in [2.24, 2.45) is 0 Å². The van der Waals surface area contributed by atoms with Crippen LogP contribution in [-0.2, 0) is 20.7 Å². The first-order valence-electron chi connectivity index (χ1n) is 6.00. The van der Waals surface area contributed by atoms with Crippen LogP contribution >= 0.6 is 11.3 Å². The number of thiophene rings is 1. The van der Waals surface area contributed by atoms with Crippen molar-refractivity contribution in [2.45, 2.75) is 26.4 Å². The highest BCUT2D eigenvalue weighted by Crippen LogP contribution is 2.11. The first-order valence-corrected chi connectivity index (χ1v) is 6.88. The van der Waals surface area contributed by atoms with Gasteiger partial charge >= 0.3 is 5.97 Å². The molecule has 2 rings (SSSR count). The molecule has 1 N–H and O–H groups in total. The minimum absolute atomic E-state index is 0.165. The van der Waals surface area contributed by atoms with Gasteiger partial charge in [0.15, 0.2) is 11.9 Å². The molecule has 106 valence electrons. The number of nitrogens with one attached hydrogen (secondary N) is 1. The van der Waals surface area contributed by atoms with Crippen LogP contribution in [0, 0.1) is 6.92 Å². The predicted molar refractivity (Wildman–Crippen MR) is 73.4 cm³/mol. The van der Waals surface area contributed by atoms with Crippen molar-refractivity contribution >= 4 is 29.0 Å². The van der Waals surface area contributed by atoms with Crippen LogP contribution in [0.15, 0.2) is 28.1 Å². The fraction of sp³-hybridized carbons (Fsp3) is 0.308. The molecule has 0 aromatic carbocycles. The van der Waals surface area contributed by atoms with E-state index in [1.54, 1.807) is 13.0 Å². The van der Waals surface area contributed by atoms with Crippen LogP contribution < -0.4 is 5.32 Å². The fourth-order valence-electron chi connectivity index (χ4n) is 1.50. The summed E-state index contributed by atoms with van der Waals surface area (Å²) in [5.41, 5.74) is 0. The Bertz CT molecular complexity index is 591. The highest BCUT2D eigenvalue weighted by molar-refractivity contribution is 7.10. The molecular formula is C13H14N2O4S. The van der Waals surface area contributed by atoms with Gasteiger partial charge in [0, 0.05) is 10.9 Å². The van der Waals surface area contributed by atoms with Crippen LogP contribution in [0.2, 0.25) is 0 Å². The van der Waals surface area contributed by atoms with Crippen molar-refractivity contribution in [3.63, 3.8) is 0 Å². The molecule has 0 saturated heterocycles. The van der Waals surface area contributed by atoms with Gasteiger partial charge in [-0.3, -0.25) is 9.59 Å². The molecule has 0 saturated carbocycles. The Morgan fingerprint density at radius 1 is 1.55 bits per heavy atom. The summed E-state index contributed by atoms with van der Waals surface area (Å²) in [6, 6.07) is 5.28. The van der Waals surface area contributed by atoms with Crippen LogP contribution in [0.4, 0.5) is 5.82 Å². The maximum atomic E-state index is 11.8. The summed E-state index contributed by atoms with van der Waals surface area (Å²) in [5.74, 6) is 0.000520. The summed E-state index contributed by atoms with van der Waals surface area (Å²) in [4.78, 5) is 24.3. The van der Waals surface area contributed by atoms with Crippen LogP contribution in [0.3, 0.4) is 0 Å². The molecule has 7 heteroatoms. The summed E-state index contributed by atoms with van der Waals surface area (Å²) in [5, 5.41) is 8.02. The third kappa shape index (κ3) is 3.92. The van der Waals surface area contributed by atoms with Crippen LogP contribution in [0.25, 0.3) is 0 Å². The molecule has 1 unspecified atom stereocenters. The molecule has 2 heterocycles. The van der Waals surface area contributed by atoms with Crippen molar-refractivity contribution in [1.82, 2.24) is 5.16 Å². The van der Waals surface area contributed by atoms with Gasteiger partial charge < -0.3 is 14.6 Å². The molecule has 0 aliphatic rings. The largest absolute Gasteiger partial charge is 0.452 e. The first-order chi connectivity index (χ1) is 9.54. The van der Waals surface area contributed by atoms with Crippen LogP contribution in [0.1, 0.15) is 17.6 Å². The molecule has 1 atom stereocenters. The van der Waals surface area contributed by atoms with Crippen LogP contribution in [-0.4, -0.2) is 23.1 Å². The van der Waals surface area contributed by atoms with Crippen molar-refractivity contribution in [3.8, 4) is 0 Å². The van der Waals surface area contributed by atoms with E-state index in [0.29, 0.717) is 11.6 Å². The molecule has 2 aromatic rings. The quantitative estimate of drug-likeness (QED) is 0.855. The van der Waals surface area contributed by atoms with Crippen molar-refractivity contribution < 1.29 is 18.8 Å². The Morgan fingerprint density at radius 3 is 2.95 bits per heavy atom. The van der Waals surface area contributed by atoms with Crippen LogP contribution in [0.5, 0.6) is 0 Å². The van der Waals surface area contributed by atoms with Crippen molar-refractivity contribution in [3.05, 3.63) is 34.2 Å². The highest BCUT2D eigenvalue weighted by Gasteiger charge is 2.19. The van der Waals surface area contributed by atoms with Gasteiger partial charge in [0.1, 0.15) is 5.76 Å². The summed E-state index contributed by atoms with van der Waals surface area (Å²) >= 11 is 1.47. The van der Waals surface area contributed by atoms with Gasteiger partial charge in [-0.1, -0.05) is 11.2 Å². The monoisotopic (exact) mass is 294 g/mol. The molecule has 6 nitrogen and oxygen atoms in total. The second-order valence-corrected chi connectivity index (χ2v) is 5.23. The van der Waals surface area contributed by atoms with Gasteiger partial charge in [0.2, 0.25) is 0 Å². The average molecular weight is 294 g/mol. The van der Waals surface area contributed by atoms with Gasteiger partial charge in [-0.05, 0) is 25.3 Å². The van der Waals surface area contributed by atoms with E-state index in [9.17, 15) is 9.59 Å². The normalized spacial score (nSPS) is 11.9. The van der Waals surface area contributed by atoms with E-state index in [4.69, 9.17) is 9.26 Å². The zero-order valence-electron chi connectivity index (χ0n) is 11.1. The van der Waals surface area contributed by atoms with Gasteiger partial charge in [-0.2, -0.15) is 0 Å². The Hall–Kier alpha value is -2.15. The molecule has 1 amide bonds. The molecule has 0 fully saturated rings. The Morgan fingerprint density at radius 2 is 2.35 bits per heavy atom. The van der Waals surface area contributed by atoms with E-state index in [1.165, 1.54) is 18.3 Å². The van der Waals surface area contributed by atoms with E-state index >= 15 is 0 Å². The molecule has 2 aromatic heterocycles. The van der Waals surface area contributed by atoms with Crippen molar-refractivity contribution in [2.75, 3.05) is 5.32 Å². The predicted octanol–water partition coefficient (Wildman–Crippen LogP) is 2.16. The first kappa shape index (κ1) is 14.3. The lowest BCUT2D eigenvalue weighted by molar-refractivity contribution is -0.152. The van der Waals surface area contributed by atoms with E-state index in [2.05, 4.69) is 10.5 Å². The lowest BCUT2D eigenvalue weighted by Crippen LogP contribution is -2.30. The topological polar surface area (TPSA) is 81.4 Å². The SMILES string of the molecule is Cc1cc(NC(=O)C(C)OC(=O)Cc2cccs2)no1. The number of carbonyl (C=O) groups is 2. The van der Waals surface area contributed by atoms with Gasteiger partial charge in [0.25, 0.3) is 5.91 Å². The summed E-state index contributed by atoms with van der Waals surface area (Å²) in [6.07, 6.45) is -0.724. The molecule has 0 radical (unpaired) electrons. The number of amides is 1. The second-order valence-electron chi connectivity index (χ2n) is 4.20. The zero-order chi connectivity index (χ0) is 14.5. The standard InChI is InChI=1S/C13H14N2O4S/c1-8-6-11(15-19-8)14-13(17)9(2)18-12(16)7-10-4-3-5-20-10/h3-6,9H,7H2,1-2H3,(H,14,15,17). The lowest BCUT2D eigenvalue weighted by Gasteiger charge is -2.11. The summed E-state index contributed by atoms with van der Waals surface area (Å²) in [6.45, 7) is 3.22. The summed E-state index contributed by atoms with van der Waals surface area (Å²) in [7, 11) is 0. The van der Waals surface area contributed by atoms with E-state index < -0.39 is 18.0 Å². The number of anilines is 1. The summed E-state index contributed by atoms with van der Waals surface area (Å²) < 4.78 is 9.89. The average Bonchev–Trinajstić information content (AvgIpc) is 3.01. The fourth-order valence-corrected chi connectivity index (χ4v) is 2.19. The molecule has 20 heavy (non-hydrogen) atoms. The minimum atomic E-state index is -0.889. The Labute approximate surface area is 119 Å². The Kier molecular flexibility index (Phi) is 4.52. The highest BCUT2D eigenvalue weighted by atomic mass is 32.1. The van der Waals surface area contributed by atoms with Gasteiger partial charge in [0.05, 0.1) is 6.42 Å². The third-order valence-corrected chi connectivity index (χ3v) is 3.33. The lowest BCUT2D eigenvalue weighted by atomic mass is 10.3. The smallest absolute Gasteiger partial charge is 0.311 e. The molecule has 0 aliphatic heterocycles. The number of rotatable bonds is 5. The maximum absolute atomic E-state index is 11.8. The zero-order valence-corrected chi connectivity index (χ0v) is 11.9. The van der Waals surface area contributed by atoms with E-state index in [-0.39, 0.29) is 6.42 Å². The molecule has 0 bridgehead atoms. The maximum Gasteiger partial charge on any atom is 0.311 e. The van der Waals surface area contributed by atoms with Gasteiger partial charge in [-0.25, -0.2) is 0 Å². The number of ether oxygens (including phenoxy) is 1. The second kappa shape index (κ2) is 6.33. The number of nitrogens with zero attached hydrogens (tertiary/aromatic N) is 1. The number of aryl methyl sites for hydroxylation is 1. The minimum Gasteiger partial charge on any atom is -0.452 e. The Balaban J connectivity index is 1.83. The third-order valence-electron chi connectivity index (χ3n) is 2.46. The number of hydrogen-bond acceptors (Lipinski definition) is 6. The van der Waals surface area contributed by atoms with E-state index in [0.717, 1.165) is 4.88 Å². The number of hydrogen-bond donors (Lipinski definition) is 1. The molecular weight excluding hydrogens is 280 g/mol. The molecule has 0 spiro atoms. The number of aromatic nitrogens is 1.